The summed E-state index contributed by atoms with van der Waals surface area (Å²) in [5.41, 5.74) is 2.18. The third kappa shape index (κ3) is 3.96. The van der Waals surface area contributed by atoms with Gasteiger partial charge in [-0.05, 0) is 56.8 Å². The molecule has 0 amide bonds. The second kappa shape index (κ2) is 7.84. The molecule has 6 heteroatoms. The number of fused-ring (bicyclic) bond motifs is 1. The summed E-state index contributed by atoms with van der Waals surface area (Å²) in [5, 5.41) is 12.3. The monoisotopic (exact) mass is 369 g/mol. The van der Waals surface area contributed by atoms with Crippen LogP contribution in [0, 0.1) is 5.92 Å². The molecule has 1 fully saturated rings. The molecule has 0 spiro atoms. The molecular formula is C20H27N5S. The molecule has 0 aliphatic carbocycles. The first-order valence-electron chi connectivity index (χ1n) is 9.64. The first kappa shape index (κ1) is 17.6. The Balaban J connectivity index is 1.32. The van der Waals surface area contributed by atoms with Crippen LogP contribution in [0.25, 0.3) is 5.65 Å². The second-order valence-corrected chi connectivity index (χ2v) is 8.65. The highest BCUT2D eigenvalue weighted by Gasteiger charge is 2.24. The lowest BCUT2D eigenvalue weighted by Crippen LogP contribution is -2.33. The molecule has 0 radical (unpaired) electrons. The van der Waals surface area contributed by atoms with Gasteiger partial charge in [0.1, 0.15) is 5.82 Å². The standard InChI is InChI=1S/C20H27N5S/c1-15(2)6-7-19-21-17(14-26-19)13-24-11-8-16(9-12-24)20-23-22-18-5-3-4-10-25(18)20/h3-5,10,14-16H,6-9,11-13H2,1-2H3. The number of aromatic nitrogens is 4. The zero-order valence-electron chi connectivity index (χ0n) is 15.6. The minimum absolute atomic E-state index is 0.501. The smallest absolute Gasteiger partial charge is 0.160 e. The summed E-state index contributed by atoms with van der Waals surface area (Å²) in [4.78, 5) is 7.37. The Morgan fingerprint density at radius 3 is 2.85 bits per heavy atom. The van der Waals surface area contributed by atoms with Crippen LogP contribution in [-0.2, 0) is 13.0 Å². The van der Waals surface area contributed by atoms with Crippen LogP contribution >= 0.6 is 11.3 Å². The fourth-order valence-electron chi connectivity index (χ4n) is 3.67. The lowest BCUT2D eigenvalue weighted by atomic mass is 9.96. The van der Waals surface area contributed by atoms with Gasteiger partial charge in [0.15, 0.2) is 5.65 Å². The van der Waals surface area contributed by atoms with Crippen LogP contribution in [0.2, 0.25) is 0 Å². The van der Waals surface area contributed by atoms with Crippen LogP contribution in [0.1, 0.15) is 55.6 Å². The van der Waals surface area contributed by atoms with Gasteiger partial charge in [0.05, 0.1) is 10.7 Å². The van der Waals surface area contributed by atoms with Crippen molar-refractivity contribution < 1.29 is 0 Å². The molecule has 3 aromatic rings. The number of pyridine rings is 1. The van der Waals surface area contributed by atoms with E-state index >= 15 is 0 Å². The molecule has 0 aromatic carbocycles. The van der Waals surface area contributed by atoms with E-state index in [2.05, 4.69) is 44.9 Å². The summed E-state index contributed by atoms with van der Waals surface area (Å²) < 4.78 is 2.14. The summed E-state index contributed by atoms with van der Waals surface area (Å²) in [6, 6.07) is 6.08. The average Bonchev–Trinajstić information content (AvgIpc) is 3.27. The van der Waals surface area contributed by atoms with Crippen molar-refractivity contribution in [2.24, 2.45) is 5.92 Å². The van der Waals surface area contributed by atoms with Gasteiger partial charge in [-0.1, -0.05) is 19.9 Å². The van der Waals surface area contributed by atoms with Crippen LogP contribution in [0.15, 0.2) is 29.8 Å². The summed E-state index contributed by atoms with van der Waals surface area (Å²) in [6.45, 7) is 7.73. The van der Waals surface area contributed by atoms with E-state index in [1.807, 2.05) is 29.5 Å². The molecule has 1 saturated heterocycles. The van der Waals surface area contributed by atoms with Gasteiger partial charge in [0.2, 0.25) is 0 Å². The van der Waals surface area contributed by atoms with Crippen LogP contribution in [0.5, 0.6) is 0 Å². The zero-order valence-corrected chi connectivity index (χ0v) is 16.5. The summed E-state index contributed by atoms with van der Waals surface area (Å²) in [7, 11) is 0. The van der Waals surface area contributed by atoms with Crippen molar-refractivity contribution >= 4 is 17.0 Å². The molecule has 0 atom stereocenters. The van der Waals surface area contributed by atoms with Crippen LogP contribution < -0.4 is 0 Å². The van der Waals surface area contributed by atoms with E-state index in [4.69, 9.17) is 4.98 Å². The fourth-order valence-corrected chi connectivity index (χ4v) is 4.47. The maximum atomic E-state index is 4.84. The number of likely N-dealkylation sites (tertiary alicyclic amines) is 1. The number of thiazole rings is 1. The minimum Gasteiger partial charge on any atom is -0.297 e. The van der Waals surface area contributed by atoms with Crippen molar-refractivity contribution in [3.05, 3.63) is 46.3 Å². The van der Waals surface area contributed by atoms with Gasteiger partial charge in [0.25, 0.3) is 0 Å². The molecule has 0 saturated carbocycles. The molecule has 1 aliphatic heterocycles. The lowest BCUT2D eigenvalue weighted by molar-refractivity contribution is 0.199. The molecular weight excluding hydrogens is 342 g/mol. The third-order valence-corrected chi connectivity index (χ3v) is 6.17. The molecule has 5 nitrogen and oxygen atoms in total. The Labute approximate surface area is 159 Å². The van der Waals surface area contributed by atoms with E-state index in [9.17, 15) is 0 Å². The van der Waals surface area contributed by atoms with Gasteiger partial charge < -0.3 is 0 Å². The Morgan fingerprint density at radius 1 is 1.19 bits per heavy atom. The SMILES string of the molecule is CC(C)CCc1nc(CN2CCC(c3nnc4ccccn34)CC2)cs1. The fraction of sp³-hybridized carbons (Fsp3) is 0.550. The number of nitrogens with zero attached hydrogens (tertiary/aromatic N) is 5. The van der Waals surface area contributed by atoms with E-state index in [1.54, 1.807) is 0 Å². The molecule has 26 heavy (non-hydrogen) atoms. The molecule has 138 valence electrons. The molecule has 0 bridgehead atoms. The third-order valence-electron chi connectivity index (χ3n) is 5.21. The predicted octanol–water partition coefficient (Wildman–Crippen LogP) is 4.15. The van der Waals surface area contributed by atoms with Crippen molar-refractivity contribution in [3.63, 3.8) is 0 Å². The first-order chi connectivity index (χ1) is 12.7. The topological polar surface area (TPSA) is 46.3 Å². The van der Waals surface area contributed by atoms with E-state index < -0.39 is 0 Å². The largest absolute Gasteiger partial charge is 0.297 e. The van der Waals surface area contributed by atoms with Crippen molar-refractivity contribution in [3.8, 4) is 0 Å². The average molecular weight is 370 g/mol. The molecule has 0 N–H and O–H groups in total. The Morgan fingerprint density at radius 2 is 2.04 bits per heavy atom. The van der Waals surface area contributed by atoms with Crippen molar-refractivity contribution in [1.29, 1.82) is 0 Å². The highest BCUT2D eigenvalue weighted by Crippen LogP contribution is 2.28. The molecule has 4 rings (SSSR count). The Kier molecular flexibility index (Phi) is 5.31. The van der Waals surface area contributed by atoms with Crippen LogP contribution in [0.4, 0.5) is 0 Å². The van der Waals surface area contributed by atoms with E-state index in [1.165, 1.54) is 17.1 Å². The summed E-state index contributed by atoms with van der Waals surface area (Å²) in [6.07, 6.45) is 6.69. The molecule has 1 aliphatic rings. The summed E-state index contributed by atoms with van der Waals surface area (Å²) in [5.74, 6) is 2.36. The maximum absolute atomic E-state index is 4.84. The summed E-state index contributed by atoms with van der Waals surface area (Å²) >= 11 is 1.82. The first-order valence-corrected chi connectivity index (χ1v) is 10.5. The zero-order chi connectivity index (χ0) is 17.9. The van der Waals surface area contributed by atoms with E-state index in [0.717, 1.165) is 56.3 Å². The van der Waals surface area contributed by atoms with Gasteiger partial charge in [-0.3, -0.25) is 9.30 Å². The maximum Gasteiger partial charge on any atom is 0.160 e. The van der Waals surface area contributed by atoms with E-state index in [0.29, 0.717) is 5.92 Å². The highest BCUT2D eigenvalue weighted by atomic mass is 32.1. The van der Waals surface area contributed by atoms with Crippen LogP contribution in [0.3, 0.4) is 0 Å². The van der Waals surface area contributed by atoms with Crippen molar-refractivity contribution in [2.75, 3.05) is 13.1 Å². The molecule has 3 aromatic heterocycles. The predicted molar refractivity (Wildman–Crippen MR) is 106 cm³/mol. The van der Waals surface area contributed by atoms with E-state index in [-0.39, 0.29) is 0 Å². The molecule has 4 heterocycles. The van der Waals surface area contributed by atoms with Gasteiger partial charge in [-0.2, -0.15) is 0 Å². The Hall–Kier alpha value is -1.79. The number of hydrogen-bond acceptors (Lipinski definition) is 5. The number of aryl methyl sites for hydroxylation is 1. The van der Waals surface area contributed by atoms with Crippen molar-refractivity contribution in [1.82, 2.24) is 24.5 Å². The van der Waals surface area contributed by atoms with Gasteiger partial charge in [0, 0.05) is 24.0 Å². The molecule has 0 unspecified atom stereocenters. The van der Waals surface area contributed by atoms with Crippen molar-refractivity contribution in [2.45, 2.75) is 52.0 Å². The quantitative estimate of drug-likeness (QED) is 0.655. The number of hydrogen-bond donors (Lipinski definition) is 0. The van der Waals surface area contributed by atoms with Crippen LogP contribution in [-0.4, -0.2) is 37.6 Å². The minimum atomic E-state index is 0.501. The van der Waals surface area contributed by atoms with Gasteiger partial charge in [-0.15, -0.1) is 21.5 Å². The second-order valence-electron chi connectivity index (χ2n) is 7.70. The van der Waals surface area contributed by atoms with Gasteiger partial charge >= 0.3 is 0 Å². The highest BCUT2D eigenvalue weighted by molar-refractivity contribution is 7.09. The Bertz CT molecular complexity index is 845. The van der Waals surface area contributed by atoms with Gasteiger partial charge in [-0.25, -0.2) is 4.98 Å². The lowest BCUT2D eigenvalue weighted by Gasteiger charge is -2.30. The number of rotatable bonds is 6. The number of piperidine rings is 1. The normalized spacial score (nSPS) is 16.7.